The van der Waals surface area contributed by atoms with Crippen LogP contribution >= 0.6 is 0 Å². The zero-order valence-electron chi connectivity index (χ0n) is 9.77. The number of hydrogen-bond acceptors (Lipinski definition) is 3. The molecular formula is C12H14N4O. The first kappa shape index (κ1) is 11.2. The van der Waals surface area contributed by atoms with Gasteiger partial charge in [0.05, 0.1) is 5.69 Å². The van der Waals surface area contributed by atoms with Crippen LogP contribution in [0.1, 0.15) is 5.69 Å². The van der Waals surface area contributed by atoms with Crippen molar-refractivity contribution in [3.63, 3.8) is 0 Å². The predicted molar refractivity (Wildman–Crippen MR) is 66.7 cm³/mol. The first-order valence-corrected chi connectivity index (χ1v) is 5.27. The Kier molecular flexibility index (Phi) is 2.82. The molecule has 1 aromatic heterocycles. The molecule has 0 radical (unpaired) electrons. The molecule has 0 saturated carbocycles. The molecule has 0 saturated heterocycles. The number of nitrogens with one attached hydrogen (secondary N) is 1. The number of carbonyl (C=O) groups is 1. The lowest BCUT2D eigenvalue weighted by Crippen LogP contribution is -2.26. The first-order chi connectivity index (χ1) is 8.15. The van der Waals surface area contributed by atoms with Crippen LogP contribution in [0.15, 0.2) is 30.3 Å². The van der Waals surface area contributed by atoms with E-state index in [4.69, 9.17) is 5.73 Å². The van der Waals surface area contributed by atoms with E-state index in [0.717, 1.165) is 16.8 Å². The van der Waals surface area contributed by atoms with Crippen LogP contribution in [0.3, 0.4) is 0 Å². The number of carbonyl (C=O) groups excluding carboxylic acids is 1. The van der Waals surface area contributed by atoms with Crippen LogP contribution < -0.4 is 11.1 Å². The van der Waals surface area contributed by atoms with Gasteiger partial charge in [-0.2, -0.15) is 9.78 Å². The van der Waals surface area contributed by atoms with E-state index in [1.54, 1.807) is 7.05 Å². The van der Waals surface area contributed by atoms with Crippen LogP contribution in [0.2, 0.25) is 0 Å². The zero-order chi connectivity index (χ0) is 12.4. The number of hydrogen-bond donors (Lipinski definition) is 2. The van der Waals surface area contributed by atoms with Crippen LogP contribution in [0.5, 0.6) is 0 Å². The minimum atomic E-state index is -0.340. The molecule has 0 unspecified atom stereocenters. The predicted octanol–water partition coefficient (Wildman–Crippen LogP) is 1.63. The Morgan fingerprint density at radius 2 is 2.00 bits per heavy atom. The Morgan fingerprint density at radius 3 is 2.59 bits per heavy atom. The third-order valence-corrected chi connectivity index (χ3v) is 2.56. The minimum absolute atomic E-state index is 0.340. The highest BCUT2D eigenvalue weighted by Gasteiger charge is 2.17. The average Bonchev–Trinajstić information content (AvgIpc) is 2.65. The van der Waals surface area contributed by atoms with E-state index in [1.807, 2.05) is 37.3 Å². The Morgan fingerprint density at radius 1 is 1.35 bits per heavy atom. The van der Waals surface area contributed by atoms with Crippen molar-refractivity contribution in [2.24, 2.45) is 0 Å². The SMILES string of the molecule is CNC(=O)n1nc(C)c(-c2ccccc2)c1N. The molecule has 1 aromatic carbocycles. The standard InChI is InChI=1S/C12H14N4O/c1-8-10(9-6-4-3-5-7-9)11(13)16(15-8)12(17)14-2/h3-7H,13H2,1-2H3,(H,14,17). The van der Waals surface area contributed by atoms with E-state index in [-0.39, 0.29) is 6.03 Å². The highest BCUT2D eigenvalue weighted by molar-refractivity contribution is 5.86. The molecule has 2 rings (SSSR count). The molecule has 1 amide bonds. The molecule has 17 heavy (non-hydrogen) atoms. The van der Waals surface area contributed by atoms with Crippen LogP contribution in [-0.2, 0) is 0 Å². The average molecular weight is 230 g/mol. The van der Waals surface area contributed by atoms with Crippen molar-refractivity contribution in [3.8, 4) is 11.1 Å². The van der Waals surface area contributed by atoms with Gasteiger partial charge < -0.3 is 11.1 Å². The molecule has 0 aliphatic heterocycles. The Bertz CT molecular complexity index is 545. The zero-order valence-corrected chi connectivity index (χ0v) is 9.77. The number of nitrogens with zero attached hydrogens (tertiary/aromatic N) is 2. The minimum Gasteiger partial charge on any atom is -0.383 e. The molecular weight excluding hydrogens is 216 g/mol. The third kappa shape index (κ3) is 1.87. The van der Waals surface area contributed by atoms with Crippen molar-refractivity contribution in [3.05, 3.63) is 36.0 Å². The van der Waals surface area contributed by atoms with Gasteiger partial charge in [-0.1, -0.05) is 30.3 Å². The van der Waals surface area contributed by atoms with Gasteiger partial charge in [0.2, 0.25) is 0 Å². The normalized spacial score (nSPS) is 10.2. The first-order valence-electron chi connectivity index (χ1n) is 5.27. The fraction of sp³-hybridized carbons (Fsp3) is 0.167. The molecule has 88 valence electrons. The van der Waals surface area contributed by atoms with E-state index < -0.39 is 0 Å². The summed E-state index contributed by atoms with van der Waals surface area (Å²) in [5, 5.41) is 6.63. The van der Waals surface area contributed by atoms with Crippen molar-refractivity contribution in [1.29, 1.82) is 0 Å². The van der Waals surface area contributed by atoms with Gasteiger partial charge in [-0.15, -0.1) is 0 Å². The fourth-order valence-electron chi connectivity index (χ4n) is 1.77. The Labute approximate surface area is 99.2 Å². The summed E-state index contributed by atoms with van der Waals surface area (Å²) in [6, 6.07) is 9.31. The van der Waals surface area contributed by atoms with E-state index >= 15 is 0 Å². The maximum Gasteiger partial charge on any atom is 0.343 e. The van der Waals surface area contributed by atoms with Gasteiger partial charge in [-0.25, -0.2) is 4.79 Å². The van der Waals surface area contributed by atoms with E-state index in [2.05, 4.69) is 10.4 Å². The smallest absolute Gasteiger partial charge is 0.343 e. The van der Waals surface area contributed by atoms with Gasteiger partial charge in [0.25, 0.3) is 0 Å². The Hall–Kier alpha value is -2.30. The maximum absolute atomic E-state index is 11.5. The van der Waals surface area contributed by atoms with Gasteiger partial charge in [0, 0.05) is 12.6 Å². The van der Waals surface area contributed by atoms with Gasteiger partial charge in [-0.05, 0) is 12.5 Å². The van der Waals surface area contributed by atoms with Crippen molar-refractivity contribution < 1.29 is 4.79 Å². The van der Waals surface area contributed by atoms with E-state index in [9.17, 15) is 4.79 Å². The van der Waals surface area contributed by atoms with E-state index in [0.29, 0.717) is 5.82 Å². The number of nitrogens with two attached hydrogens (primary N) is 1. The highest BCUT2D eigenvalue weighted by atomic mass is 16.2. The molecule has 0 spiro atoms. The number of rotatable bonds is 1. The maximum atomic E-state index is 11.5. The molecule has 0 bridgehead atoms. The molecule has 0 fully saturated rings. The summed E-state index contributed by atoms with van der Waals surface area (Å²) in [5.74, 6) is 0.355. The summed E-state index contributed by atoms with van der Waals surface area (Å²) in [4.78, 5) is 11.5. The monoisotopic (exact) mass is 230 g/mol. The summed E-state index contributed by atoms with van der Waals surface area (Å²) in [6.07, 6.45) is 0. The van der Waals surface area contributed by atoms with E-state index in [1.165, 1.54) is 4.68 Å². The summed E-state index contributed by atoms with van der Waals surface area (Å²) in [7, 11) is 1.54. The summed E-state index contributed by atoms with van der Waals surface area (Å²) >= 11 is 0. The molecule has 5 heteroatoms. The molecule has 0 atom stereocenters. The third-order valence-electron chi connectivity index (χ3n) is 2.56. The lowest BCUT2D eigenvalue weighted by atomic mass is 10.1. The summed E-state index contributed by atoms with van der Waals surface area (Å²) in [6.45, 7) is 1.83. The Balaban J connectivity index is 2.57. The number of nitrogen functional groups attached to an aromatic ring is 1. The number of aryl methyl sites for hydroxylation is 1. The molecule has 2 aromatic rings. The summed E-state index contributed by atoms with van der Waals surface area (Å²) in [5.41, 5.74) is 8.44. The van der Waals surface area contributed by atoms with Crippen LogP contribution in [0.4, 0.5) is 10.6 Å². The topological polar surface area (TPSA) is 72.9 Å². The molecule has 0 aliphatic carbocycles. The number of amides is 1. The molecule has 5 nitrogen and oxygen atoms in total. The second-order valence-electron chi connectivity index (χ2n) is 3.68. The van der Waals surface area contributed by atoms with Gasteiger partial charge >= 0.3 is 6.03 Å². The van der Waals surface area contributed by atoms with Gasteiger partial charge in [0.15, 0.2) is 0 Å². The van der Waals surface area contributed by atoms with Crippen molar-refractivity contribution in [2.45, 2.75) is 6.92 Å². The molecule has 1 heterocycles. The lowest BCUT2D eigenvalue weighted by Gasteiger charge is -2.03. The van der Waals surface area contributed by atoms with Crippen molar-refractivity contribution >= 4 is 11.8 Å². The van der Waals surface area contributed by atoms with Crippen molar-refractivity contribution in [1.82, 2.24) is 15.1 Å². The van der Waals surface area contributed by atoms with Crippen LogP contribution in [-0.4, -0.2) is 22.9 Å². The fourth-order valence-corrected chi connectivity index (χ4v) is 1.77. The number of aromatic nitrogens is 2. The molecule has 0 aliphatic rings. The molecule has 3 N–H and O–H groups in total. The van der Waals surface area contributed by atoms with Crippen LogP contribution in [0, 0.1) is 6.92 Å². The largest absolute Gasteiger partial charge is 0.383 e. The van der Waals surface area contributed by atoms with Crippen molar-refractivity contribution in [2.75, 3.05) is 12.8 Å². The second kappa shape index (κ2) is 4.29. The van der Waals surface area contributed by atoms with Gasteiger partial charge in [0.1, 0.15) is 5.82 Å². The number of anilines is 1. The van der Waals surface area contributed by atoms with Crippen LogP contribution in [0.25, 0.3) is 11.1 Å². The quantitative estimate of drug-likeness (QED) is 0.782. The second-order valence-corrected chi connectivity index (χ2v) is 3.68. The summed E-state index contributed by atoms with van der Waals surface area (Å²) < 4.78 is 1.18. The number of benzene rings is 1. The lowest BCUT2D eigenvalue weighted by molar-refractivity contribution is 0.242. The van der Waals surface area contributed by atoms with Gasteiger partial charge in [-0.3, -0.25) is 0 Å². The highest BCUT2D eigenvalue weighted by Crippen LogP contribution is 2.28.